The van der Waals surface area contributed by atoms with Crippen LogP contribution in [-0.4, -0.2) is 34.4 Å². The number of nitrogen functional groups attached to an aromatic ring is 1. The lowest BCUT2D eigenvalue weighted by Crippen LogP contribution is -2.32. The normalized spacial score (nSPS) is 18.3. The number of rotatable bonds is 4. The molecule has 30 heavy (non-hydrogen) atoms. The molecule has 3 N–H and O–H groups in total. The first-order valence-electron chi connectivity index (χ1n) is 9.33. The number of aromatic amines is 1. The zero-order valence-corrected chi connectivity index (χ0v) is 16.9. The summed E-state index contributed by atoms with van der Waals surface area (Å²) in [7, 11) is -3.76. The maximum atomic E-state index is 13.6. The number of H-pyrrole nitrogens is 1. The first-order valence-corrected chi connectivity index (χ1v) is 10.9. The summed E-state index contributed by atoms with van der Waals surface area (Å²) in [6, 6.07) is 7.23. The molecule has 0 radical (unpaired) electrons. The van der Waals surface area contributed by atoms with Crippen molar-refractivity contribution in [2.75, 3.05) is 12.3 Å². The Hall–Kier alpha value is -2.66. The van der Waals surface area contributed by atoms with Crippen LogP contribution in [0.1, 0.15) is 41.3 Å². The third-order valence-corrected chi connectivity index (χ3v) is 7.06. The molecular weight excluding hydrogens is 419 g/mol. The zero-order valence-electron chi connectivity index (χ0n) is 16.1. The number of benzene rings is 1. The first kappa shape index (κ1) is 20.6. The fourth-order valence-corrected chi connectivity index (χ4v) is 5.70. The number of pyridine rings is 1. The van der Waals surface area contributed by atoms with Gasteiger partial charge in [-0.25, -0.2) is 13.4 Å². The van der Waals surface area contributed by atoms with E-state index in [9.17, 15) is 21.6 Å². The fraction of sp³-hybridized carbons (Fsp3) is 0.368. The highest BCUT2D eigenvalue weighted by Crippen LogP contribution is 2.41. The number of nitrogens with zero attached hydrogens (tertiary/aromatic N) is 3. The van der Waals surface area contributed by atoms with Gasteiger partial charge in [-0.3, -0.25) is 5.10 Å². The predicted octanol–water partition coefficient (Wildman–Crippen LogP) is 3.53. The molecule has 0 spiro atoms. The van der Waals surface area contributed by atoms with Crippen molar-refractivity contribution in [2.45, 2.75) is 37.7 Å². The molecule has 0 aliphatic carbocycles. The molecule has 0 bridgehead atoms. The number of hydrogen-bond donors (Lipinski definition) is 2. The van der Waals surface area contributed by atoms with Crippen LogP contribution in [-0.2, 0) is 22.0 Å². The second kappa shape index (κ2) is 7.24. The summed E-state index contributed by atoms with van der Waals surface area (Å²) in [5.74, 6) is -0.457. The Balaban J connectivity index is 1.74. The van der Waals surface area contributed by atoms with Gasteiger partial charge in [-0.2, -0.15) is 22.6 Å². The van der Waals surface area contributed by atoms with E-state index in [1.807, 2.05) is 13.0 Å². The summed E-state index contributed by atoms with van der Waals surface area (Å²) in [5.41, 5.74) is 6.03. The number of aryl methyl sites for hydroxylation is 1. The summed E-state index contributed by atoms with van der Waals surface area (Å²) in [4.78, 5) is 4.21. The maximum Gasteiger partial charge on any atom is 0.417 e. The number of halogens is 3. The van der Waals surface area contributed by atoms with Crippen LogP contribution in [0.5, 0.6) is 0 Å². The number of nitrogens with two attached hydrogens (primary N) is 1. The van der Waals surface area contributed by atoms with E-state index in [2.05, 4.69) is 15.2 Å². The minimum Gasteiger partial charge on any atom is -0.383 e. The average molecular weight is 439 g/mol. The number of hydrogen-bond acceptors (Lipinski definition) is 5. The summed E-state index contributed by atoms with van der Waals surface area (Å²) in [6.07, 6.45) is -3.78. The molecule has 1 fully saturated rings. The van der Waals surface area contributed by atoms with Crippen LogP contribution in [0.3, 0.4) is 0 Å². The molecule has 11 heteroatoms. The van der Waals surface area contributed by atoms with E-state index in [0.717, 1.165) is 11.6 Å². The largest absolute Gasteiger partial charge is 0.417 e. The molecule has 2 aromatic heterocycles. The molecule has 3 heterocycles. The monoisotopic (exact) mass is 439 g/mol. The van der Waals surface area contributed by atoms with E-state index in [1.165, 1.54) is 4.31 Å². The Morgan fingerprint density at radius 2 is 2.07 bits per heavy atom. The predicted molar refractivity (Wildman–Crippen MR) is 106 cm³/mol. The molecule has 7 nitrogen and oxygen atoms in total. The van der Waals surface area contributed by atoms with Crippen LogP contribution in [0, 0.1) is 6.92 Å². The van der Waals surface area contributed by atoms with Gasteiger partial charge in [0.1, 0.15) is 5.82 Å². The molecule has 3 aromatic rings. The lowest BCUT2D eigenvalue weighted by Gasteiger charge is -2.24. The summed E-state index contributed by atoms with van der Waals surface area (Å²) >= 11 is 0. The Bertz CT molecular complexity index is 1210. The maximum absolute atomic E-state index is 13.6. The van der Waals surface area contributed by atoms with Gasteiger partial charge >= 0.3 is 6.18 Å². The number of aromatic nitrogens is 3. The molecule has 1 saturated heterocycles. The third-order valence-electron chi connectivity index (χ3n) is 5.21. The molecule has 1 aliphatic rings. The van der Waals surface area contributed by atoms with Crippen LogP contribution >= 0.6 is 0 Å². The minimum absolute atomic E-state index is 0.0200. The number of fused-ring (bicyclic) bond motifs is 1. The summed E-state index contributed by atoms with van der Waals surface area (Å²) in [5, 5.41) is 5.77. The molecule has 1 atom stereocenters. The Kier molecular flexibility index (Phi) is 4.97. The number of nitrogens with one attached hydrogen (secondary N) is 1. The molecule has 0 unspecified atom stereocenters. The van der Waals surface area contributed by atoms with Crippen LogP contribution in [0.15, 0.2) is 30.3 Å². The average Bonchev–Trinajstić information content (AvgIpc) is 3.28. The van der Waals surface area contributed by atoms with Gasteiger partial charge in [-0.15, -0.1) is 0 Å². The van der Waals surface area contributed by atoms with Crippen molar-refractivity contribution in [1.29, 1.82) is 0 Å². The van der Waals surface area contributed by atoms with Gasteiger partial charge in [0.25, 0.3) is 0 Å². The van der Waals surface area contributed by atoms with E-state index in [0.29, 0.717) is 18.4 Å². The second-order valence-electron chi connectivity index (χ2n) is 7.44. The van der Waals surface area contributed by atoms with Gasteiger partial charge in [0.05, 0.1) is 28.4 Å². The van der Waals surface area contributed by atoms with E-state index >= 15 is 0 Å². The fourth-order valence-electron chi connectivity index (χ4n) is 3.92. The minimum atomic E-state index is -4.68. The van der Waals surface area contributed by atoms with Gasteiger partial charge < -0.3 is 5.73 Å². The number of anilines is 1. The van der Waals surface area contributed by atoms with Gasteiger partial charge in [-0.05, 0) is 31.4 Å². The van der Waals surface area contributed by atoms with Crippen LogP contribution in [0.4, 0.5) is 19.0 Å². The Labute approximate surface area is 171 Å². The van der Waals surface area contributed by atoms with Crippen molar-refractivity contribution in [3.63, 3.8) is 0 Å². The van der Waals surface area contributed by atoms with Crippen LogP contribution in [0.25, 0.3) is 11.0 Å². The molecular formula is C19H20F3N5O2S. The van der Waals surface area contributed by atoms with E-state index in [4.69, 9.17) is 5.73 Å². The van der Waals surface area contributed by atoms with Crippen molar-refractivity contribution in [1.82, 2.24) is 19.5 Å². The van der Waals surface area contributed by atoms with Crippen molar-refractivity contribution in [3.8, 4) is 0 Å². The standard InChI is InChI=1S/C19H20F3N5O2S/c1-11-4-2-5-12(8-11)10-30(28,29)27-7-3-6-15(27)14-9-13(19(20,21)22)16-17(23)25-26-18(16)24-14/h2,4-5,8-9,15H,3,6-7,10H2,1H3,(H3,23,24,25,26)/t15-/m1/s1. The molecule has 160 valence electrons. The highest BCUT2D eigenvalue weighted by molar-refractivity contribution is 7.88. The summed E-state index contributed by atoms with van der Waals surface area (Å²) in [6.45, 7) is 2.09. The molecule has 1 aliphatic heterocycles. The van der Waals surface area contributed by atoms with E-state index in [-0.39, 0.29) is 34.8 Å². The van der Waals surface area contributed by atoms with Crippen molar-refractivity contribution in [3.05, 3.63) is 52.7 Å². The summed E-state index contributed by atoms with van der Waals surface area (Å²) < 4.78 is 68.3. The topological polar surface area (TPSA) is 105 Å². The SMILES string of the molecule is Cc1cccc(CS(=O)(=O)N2CCC[C@@H]2c2cc(C(F)(F)F)c3c(N)[nH]nc3n2)c1. The third kappa shape index (κ3) is 3.74. The van der Waals surface area contributed by atoms with Gasteiger partial charge in [0.2, 0.25) is 10.0 Å². The van der Waals surface area contributed by atoms with Crippen molar-refractivity contribution in [2.24, 2.45) is 0 Å². The highest BCUT2D eigenvalue weighted by Gasteiger charge is 2.40. The van der Waals surface area contributed by atoms with Crippen molar-refractivity contribution < 1.29 is 21.6 Å². The van der Waals surface area contributed by atoms with Gasteiger partial charge in [-0.1, -0.05) is 29.8 Å². The zero-order chi connectivity index (χ0) is 21.7. The Morgan fingerprint density at radius 1 is 1.30 bits per heavy atom. The first-order chi connectivity index (χ1) is 14.1. The molecule has 0 saturated carbocycles. The lowest BCUT2D eigenvalue weighted by atomic mass is 10.1. The van der Waals surface area contributed by atoms with E-state index in [1.54, 1.807) is 18.2 Å². The molecule has 0 amide bonds. The smallest absolute Gasteiger partial charge is 0.383 e. The highest BCUT2D eigenvalue weighted by atomic mass is 32.2. The van der Waals surface area contributed by atoms with Gasteiger partial charge in [0, 0.05) is 6.54 Å². The van der Waals surface area contributed by atoms with Gasteiger partial charge in [0.15, 0.2) is 5.65 Å². The molecule has 4 rings (SSSR count). The van der Waals surface area contributed by atoms with Crippen LogP contribution in [0.2, 0.25) is 0 Å². The number of sulfonamides is 1. The van der Waals surface area contributed by atoms with Crippen LogP contribution < -0.4 is 5.73 Å². The molecule has 1 aromatic carbocycles. The van der Waals surface area contributed by atoms with E-state index < -0.39 is 27.8 Å². The Morgan fingerprint density at radius 3 is 2.77 bits per heavy atom. The quantitative estimate of drug-likeness (QED) is 0.647. The lowest BCUT2D eigenvalue weighted by molar-refractivity contribution is -0.136. The number of alkyl halides is 3. The second-order valence-corrected chi connectivity index (χ2v) is 9.36. The van der Waals surface area contributed by atoms with Crippen molar-refractivity contribution >= 4 is 26.9 Å².